The molecule has 0 saturated carbocycles. The van der Waals surface area contributed by atoms with E-state index < -0.39 is 0 Å². The molecule has 0 fully saturated rings. The molecule has 0 amide bonds. The van der Waals surface area contributed by atoms with Crippen molar-refractivity contribution in [2.45, 2.75) is 40.5 Å². The largest absolute Gasteiger partial charge is 0.120 e. The molecule has 0 radical (unpaired) electrons. The minimum absolute atomic E-state index is 0.836. The summed E-state index contributed by atoms with van der Waals surface area (Å²) in [5.74, 6) is 2.70. The van der Waals surface area contributed by atoms with Gasteiger partial charge >= 0.3 is 0 Å². The highest BCUT2D eigenvalue weighted by molar-refractivity contribution is 5.43. The van der Waals surface area contributed by atoms with Gasteiger partial charge in [0.15, 0.2) is 0 Å². The molecular formula is C14H18. The lowest BCUT2D eigenvalue weighted by Crippen LogP contribution is -1.97. The van der Waals surface area contributed by atoms with Gasteiger partial charge in [-0.25, -0.2) is 0 Å². The minimum atomic E-state index is 0.836. The third-order valence-corrected chi connectivity index (χ3v) is 3.13. The summed E-state index contributed by atoms with van der Waals surface area (Å²) in [6.45, 7) is 8.73. The van der Waals surface area contributed by atoms with E-state index in [2.05, 4.69) is 39.7 Å². The van der Waals surface area contributed by atoms with Crippen molar-refractivity contribution in [1.29, 1.82) is 0 Å². The summed E-state index contributed by atoms with van der Waals surface area (Å²) in [6.07, 6.45) is 7.12. The fourth-order valence-corrected chi connectivity index (χ4v) is 1.76. The highest BCUT2D eigenvalue weighted by Gasteiger charge is 2.05. The lowest BCUT2D eigenvalue weighted by Gasteiger charge is -2.13. The normalized spacial score (nSPS) is 9.93. The molecule has 0 spiro atoms. The van der Waals surface area contributed by atoms with Gasteiger partial charge in [0.2, 0.25) is 0 Å². The molecule has 14 heavy (non-hydrogen) atoms. The molecular weight excluding hydrogens is 168 g/mol. The number of hydrogen-bond acceptors (Lipinski definition) is 0. The molecule has 0 nitrogen and oxygen atoms in total. The second kappa shape index (κ2) is 4.33. The molecule has 74 valence electrons. The van der Waals surface area contributed by atoms with E-state index >= 15 is 0 Å². The zero-order chi connectivity index (χ0) is 10.7. The molecule has 0 aromatic heterocycles. The van der Waals surface area contributed by atoms with Crippen molar-refractivity contribution >= 4 is 0 Å². The number of terminal acetylenes is 1. The number of aryl methyl sites for hydroxylation is 2. The highest BCUT2D eigenvalue weighted by atomic mass is 14.1. The molecule has 0 heterocycles. The fourth-order valence-electron chi connectivity index (χ4n) is 1.76. The summed E-state index contributed by atoms with van der Waals surface area (Å²) in [5.41, 5.74) is 7.01. The molecule has 0 heteroatoms. The maximum absolute atomic E-state index is 5.28. The first-order valence-electron chi connectivity index (χ1n) is 5.07. The van der Waals surface area contributed by atoms with Crippen LogP contribution in [-0.4, -0.2) is 0 Å². The molecule has 0 aliphatic rings. The van der Waals surface area contributed by atoms with Crippen LogP contribution in [0.15, 0.2) is 6.07 Å². The lowest BCUT2D eigenvalue weighted by molar-refractivity contribution is 0.994. The highest BCUT2D eigenvalue weighted by Crippen LogP contribution is 2.21. The summed E-state index contributed by atoms with van der Waals surface area (Å²) >= 11 is 0. The monoisotopic (exact) mass is 186 g/mol. The SMILES string of the molecule is C#CCCc1cc(C)c(C)c(C)c1C. The van der Waals surface area contributed by atoms with Gasteiger partial charge in [0.05, 0.1) is 0 Å². The van der Waals surface area contributed by atoms with E-state index in [4.69, 9.17) is 6.42 Å². The molecule has 1 rings (SSSR count). The zero-order valence-corrected chi connectivity index (χ0v) is 9.57. The van der Waals surface area contributed by atoms with E-state index in [0.29, 0.717) is 0 Å². The number of rotatable bonds is 2. The molecule has 1 aromatic carbocycles. The van der Waals surface area contributed by atoms with Gasteiger partial charge in [0.1, 0.15) is 0 Å². The molecule has 0 N–H and O–H groups in total. The van der Waals surface area contributed by atoms with Crippen molar-refractivity contribution in [3.05, 3.63) is 33.9 Å². The second-order valence-corrected chi connectivity index (χ2v) is 3.93. The average molecular weight is 186 g/mol. The van der Waals surface area contributed by atoms with Crippen molar-refractivity contribution in [3.63, 3.8) is 0 Å². The van der Waals surface area contributed by atoms with Crippen molar-refractivity contribution in [2.75, 3.05) is 0 Å². The maximum Gasteiger partial charge on any atom is 0.0127 e. The third kappa shape index (κ3) is 1.99. The minimum Gasteiger partial charge on any atom is -0.120 e. The summed E-state index contributed by atoms with van der Waals surface area (Å²) in [5, 5.41) is 0. The molecule has 1 aromatic rings. The Morgan fingerprint density at radius 1 is 1.07 bits per heavy atom. The van der Waals surface area contributed by atoms with Crippen LogP contribution in [0.25, 0.3) is 0 Å². The second-order valence-electron chi connectivity index (χ2n) is 3.93. The predicted octanol–water partition coefficient (Wildman–Crippen LogP) is 3.49. The molecule has 0 saturated heterocycles. The van der Waals surface area contributed by atoms with E-state index in [1.807, 2.05) is 0 Å². The van der Waals surface area contributed by atoms with Crippen LogP contribution in [0, 0.1) is 40.0 Å². The summed E-state index contributed by atoms with van der Waals surface area (Å²) in [6, 6.07) is 2.27. The summed E-state index contributed by atoms with van der Waals surface area (Å²) < 4.78 is 0. The van der Waals surface area contributed by atoms with Crippen LogP contribution in [0.4, 0.5) is 0 Å². The zero-order valence-electron chi connectivity index (χ0n) is 9.57. The van der Waals surface area contributed by atoms with Gasteiger partial charge in [-0.2, -0.15) is 0 Å². The molecule has 0 atom stereocenters. The average Bonchev–Trinajstić information content (AvgIpc) is 2.18. The number of benzene rings is 1. The fraction of sp³-hybridized carbons (Fsp3) is 0.429. The Hall–Kier alpha value is -1.22. The first kappa shape index (κ1) is 10.9. The first-order chi connectivity index (χ1) is 6.57. The van der Waals surface area contributed by atoms with Crippen LogP contribution in [0.2, 0.25) is 0 Å². The Morgan fingerprint density at radius 3 is 2.29 bits per heavy atom. The van der Waals surface area contributed by atoms with Gasteiger partial charge in [-0.15, -0.1) is 12.3 Å². The van der Waals surface area contributed by atoms with Crippen LogP contribution in [0.3, 0.4) is 0 Å². The Balaban J connectivity index is 3.14. The van der Waals surface area contributed by atoms with E-state index in [0.717, 1.165) is 12.8 Å². The Kier molecular flexibility index (Phi) is 3.36. The van der Waals surface area contributed by atoms with Crippen LogP contribution >= 0.6 is 0 Å². The van der Waals surface area contributed by atoms with Gasteiger partial charge in [-0.1, -0.05) is 6.07 Å². The quantitative estimate of drug-likeness (QED) is 0.620. The third-order valence-electron chi connectivity index (χ3n) is 3.13. The molecule has 0 unspecified atom stereocenters. The topological polar surface area (TPSA) is 0 Å². The van der Waals surface area contributed by atoms with Crippen molar-refractivity contribution in [1.82, 2.24) is 0 Å². The van der Waals surface area contributed by atoms with E-state index in [1.165, 1.54) is 27.8 Å². The maximum atomic E-state index is 5.28. The number of hydrogen-bond donors (Lipinski definition) is 0. The van der Waals surface area contributed by atoms with Gasteiger partial charge in [-0.3, -0.25) is 0 Å². The Morgan fingerprint density at radius 2 is 1.71 bits per heavy atom. The summed E-state index contributed by atoms with van der Waals surface area (Å²) in [4.78, 5) is 0. The van der Waals surface area contributed by atoms with Crippen molar-refractivity contribution in [3.8, 4) is 12.3 Å². The van der Waals surface area contributed by atoms with Crippen LogP contribution in [0.1, 0.15) is 34.2 Å². The van der Waals surface area contributed by atoms with Gasteiger partial charge in [0, 0.05) is 6.42 Å². The predicted molar refractivity (Wildman–Crippen MR) is 62.5 cm³/mol. The van der Waals surface area contributed by atoms with E-state index in [9.17, 15) is 0 Å². The van der Waals surface area contributed by atoms with E-state index in [1.54, 1.807) is 0 Å². The van der Waals surface area contributed by atoms with Crippen LogP contribution in [-0.2, 0) is 6.42 Å². The Labute approximate surface area is 87.4 Å². The van der Waals surface area contributed by atoms with Crippen molar-refractivity contribution in [2.24, 2.45) is 0 Å². The van der Waals surface area contributed by atoms with E-state index in [-0.39, 0.29) is 0 Å². The van der Waals surface area contributed by atoms with Gasteiger partial charge in [0.25, 0.3) is 0 Å². The van der Waals surface area contributed by atoms with Crippen molar-refractivity contribution < 1.29 is 0 Å². The molecule has 0 aliphatic heterocycles. The summed E-state index contributed by atoms with van der Waals surface area (Å²) in [7, 11) is 0. The lowest BCUT2D eigenvalue weighted by atomic mass is 9.92. The van der Waals surface area contributed by atoms with Gasteiger partial charge in [-0.05, 0) is 61.9 Å². The van der Waals surface area contributed by atoms with Gasteiger partial charge < -0.3 is 0 Å². The first-order valence-corrected chi connectivity index (χ1v) is 5.07. The molecule has 0 aliphatic carbocycles. The standard InChI is InChI=1S/C14H18/c1-6-7-8-14-9-10(2)11(3)12(4)13(14)5/h1,9H,7-8H2,2-5H3. The molecule has 0 bridgehead atoms. The smallest absolute Gasteiger partial charge is 0.0127 e. The van der Waals surface area contributed by atoms with Crippen LogP contribution in [0.5, 0.6) is 0 Å². The van der Waals surface area contributed by atoms with Crippen LogP contribution < -0.4 is 0 Å². The Bertz CT molecular complexity index is 378.